The molecule has 0 radical (unpaired) electrons. The fraction of sp³-hybridized carbons (Fsp3) is 0.756. The standard InChI is InChI=1S/C45H64ClN3O8/c1-28(10-9-20-47-22-23-49-37-15-21-48-38-25-32(46)11-12-33(37)38)34-13-14-35-41-36(26-40(43(34,35)5)53-30(3)51)42(4)18-19-45(27-31(42)24-39(41)52-29(2)50)56-54-44(55-57-45)16-7-6-8-17-44/h11-12,15,21,25,28,31,34-36,39-41,47H,6-10,13-14,16-20,22-24,26-27H2,1-5H3,(H,48,49)/t28-,31-,34-,35+,36+,39-,40+,41+,42+,43-/m1/s1. The van der Waals surface area contributed by atoms with Crippen molar-refractivity contribution in [2.24, 2.45) is 46.3 Å². The SMILES string of the molecule is CC(=O)O[C@H]1C[C@H]2[C@@H]([C@H](OC(C)=O)C[C@@H]3CC4(CC[C@@]32C)OOC2(CCCCC2)OO4)[C@@H]2CC[C@H]([C@H](C)CCCNCCNc3ccnc4cc(Cl)ccc34)[C@@]12C. The third kappa shape index (κ3) is 7.95. The van der Waals surface area contributed by atoms with Crippen LogP contribution in [-0.4, -0.2) is 60.3 Å². The summed E-state index contributed by atoms with van der Waals surface area (Å²) in [5.41, 5.74) is 1.64. The zero-order valence-corrected chi connectivity index (χ0v) is 35.4. The normalized spacial score (nSPS) is 35.9. The Hall–Kier alpha value is -2.54. The molecule has 57 heavy (non-hydrogen) atoms. The summed E-state index contributed by atoms with van der Waals surface area (Å²) in [5.74, 6) is -0.588. The molecule has 1 aromatic heterocycles. The van der Waals surface area contributed by atoms with Crippen LogP contribution >= 0.6 is 11.6 Å². The third-order valence-corrected chi connectivity index (χ3v) is 16.0. The monoisotopic (exact) mass is 809 g/mol. The molecule has 314 valence electrons. The number of fused-ring (bicyclic) bond motifs is 6. The minimum Gasteiger partial charge on any atom is -0.462 e. The summed E-state index contributed by atoms with van der Waals surface area (Å²) in [7, 11) is 0. The van der Waals surface area contributed by atoms with Crippen LogP contribution in [0.3, 0.4) is 0 Å². The van der Waals surface area contributed by atoms with Gasteiger partial charge >= 0.3 is 11.9 Å². The zero-order valence-electron chi connectivity index (χ0n) is 34.6. The number of pyridine rings is 1. The molecule has 2 heterocycles. The van der Waals surface area contributed by atoms with E-state index in [0.717, 1.165) is 113 Å². The quantitative estimate of drug-likeness (QED) is 0.128. The highest BCUT2D eigenvalue weighted by atomic mass is 35.5. The van der Waals surface area contributed by atoms with Gasteiger partial charge in [-0.2, -0.15) is 19.6 Å². The number of aromatic nitrogens is 1. The number of ether oxygens (including phenoxy) is 2. The molecule has 2 N–H and O–H groups in total. The lowest BCUT2D eigenvalue weighted by Crippen LogP contribution is -2.65. The first kappa shape index (κ1) is 41.2. The Labute approximate surface area is 343 Å². The average Bonchev–Trinajstić information content (AvgIpc) is 3.54. The molecule has 5 saturated carbocycles. The number of anilines is 1. The van der Waals surface area contributed by atoms with Crippen LogP contribution in [-0.2, 0) is 38.6 Å². The van der Waals surface area contributed by atoms with Crippen molar-refractivity contribution in [3.8, 4) is 0 Å². The second-order valence-corrected chi connectivity index (χ2v) is 19.4. The van der Waals surface area contributed by atoms with E-state index in [1.807, 2.05) is 30.5 Å². The average molecular weight is 810 g/mol. The van der Waals surface area contributed by atoms with E-state index >= 15 is 0 Å². The van der Waals surface area contributed by atoms with Crippen molar-refractivity contribution in [1.82, 2.24) is 10.3 Å². The highest BCUT2D eigenvalue weighted by Crippen LogP contribution is 2.70. The second kappa shape index (κ2) is 16.5. The van der Waals surface area contributed by atoms with Gasteiger partial charge in [-0.3, -0.25) is 14.6 Å². The van der Waals surface area contributed by atoms with Crippen LogP contribution in [0.25, 0.3) is 10.9 Å². The Balaban J connectivity index is 0.921. The van der Waals surface area contributed by atoms with E-state index in [1.165, 1.54) is 6.92 Å². The van der Waals surface area contributed by atoms with Crippen LogP contribution in [0.5, 0.6) is 0 Å². The zero-order chi connectivity index (χ0) is 40.0. The molecule has 1 aromatic carbocycles. The lowest BCUT2D eigenvalue weighted by atomic mass is 9.42. The first-order valence-electron chi connectivity index (χ1n) is 21.9. The van der Waals surface area contributed by atoms with Crippen LogP contribution in [0.1, 0.15) is 125 Å². The molecule has 2 spiro atoms. The van der Waals surface area contributed by atoms with Crippen LogP contribution in [0.4, 0.5) is 5.69 Å². The van der Waals surface area contributed by atoms with E-state index < -0.39 is 11.6 Å². The molecule has 0 bridgehead atoms. The van der Waals surface area contributed by atoms with E-state index in [2.05, 4.69) is 36.4 Å². The fourth-order valence-electron chi connectivity index (χ4n) is 12.9. The van der Waals surface area contributed by atoms with Gasteiger partial charge in [0.25, 0.3) is 0 Å². The Morgan fingerprint density at radius 3 is 2.40 bits per heavy atom. The van der Waals surface area contributed by atoms with Crippen LogP contribution in [0.15, 0.2) is 30.5 Å². The highest BCUT2D eigenvalue weighted by molar-refractivity contribution is 6.31. The molecule has 11 nitrogen and oxygen atoms in total. The van der Waals surface area contributed by atoms with E-state index in [-0.39, 0.29) is 58.6 Å². The van der Waals surface area contributed by atoms with Gasteiger partial charge in [-0.25, -0.2) is 0 Å². The molecule has 6 aliphatic rings. The molecule has 2 aromatic rings. The van der Waals surface area contributed by atoms with Crippen molar-refractivity contribution in [2.75, 3.05) is 25.0 Å². The summed E-state index contributed by atoms with van der Waals surface area (Å²) in [4.78, 5) is 54.6. The Kier molecular flexibility index (Phi) is 11.9. The van der Waals surface area contributed by atoms with E-state index in [0.29, 0.717) is 29.7 Å². The number of nitrogens with one attached hydrogen (secondary N) is 2. The van der Waals surface area contributed by atoms with Gasteiger partial charge in [-0.1, -0.05) is 38.8 Å². The molecule has 0 amide bonds. The number of nitrogens with zero attached hydrogens (tertiary/aromatic N) is 1. The summed E-state index contributed by atoms with van der Waals surface area (Å²) >= 11 is 6.17. The Bertz CT molecular complexity index is 1760. The van der Waals surface area contributed by atoms with Gasteiger partial charge in [0.1, 0.15) is 12.2 Å². The first-order valence-corrected chi connectivity index (χ1v) is 22.3. The maximum atomic E-state index is 12.9. The third-order valence-electron chi connectivity index (χ3n) is 15.8. The van der Waals surface area contributed by atoms with Crippen molar-refractivity contribution < 1.29 is 38.6 Å². The summed E-state index contributed by atoms with van der Waals surface area (Å²) < 4.78 is 12.8. The lowest BCUT2D eigenvalue weighted by Gasteiger charge is -2.65. The lowest BCUT2D eigenvalue weighted by molar-refractivity contribution is -0.665. The molecule has 0 unspecified atom stereocenters. The van der Waals surface area contributed by atoms with Gasteiger partial charge < -0.3 is 20.1 Å². The molecule has 6 fully saturated rings. The van der Waals surface area contributed by atoms with Crippen molar-refractivity contribution in [1.29, 1.82) is 0 Å². The maximum Gasteiger partial charge on any atom is 0.302 e. The van der Waals surface area contributed by atoms with Crippen LogP contribution in [0, 0.1) is 46.3 Å². The van der Waals surface area contributed by atoms with Crippen molar-refractivity contribution >= 4 is 40.1 Å². The Morgan fingerprint density at radius 2 is 1.65 bits per heavy atom. The van der Waals surface area contributed by atoms with E-state index in [4.69, 9.17) is 40.6 Å². The number of carbonyl (C=O) groups is 2. The van der Waals surface area contributed by atoms with Gasteiger partial charge in [0, 0.05) is 86.2 Å². The van der Waals surface area contributed by atoms with Gasteiger partial charge in [0.05, 0.1) is 5.52 Å². The molecule has 12 heteroatoms. The molecular formula is C45H64ClN3O8. The minimum atomic E-state index is -0.984. The number of hydrogen-bond acceptors (Lipinski definition) is 11. The van der Waals surface area contributed by atoms with Gasteiger partial charge in [-0.05, 0) is 124 Å². The molecule has 1 aliphatic heterocycles. The van der Waals surface area contributed by atoms with Crippen LogP contribution in [0.2, 0.25) is 5.02 Å². The van der Waals surface area contributed by atoms with Crippen LogP contribution < -0.4 is 10.6 Å². The number of esters is 2. The second-order valence-electron chi connectivity index (χ2n) is 19.0. The van der Waals surface area contributed by atoms with E-state index in [9.17, 15) is 9.59 Å². The predicted molar refractivity (Wildman–Crippen MR) is 216 cm³/mol. The molecule has 5 aliphatic carbocycles. The predicted octanol–water partition coefficient (Wildman–Crippen LogP) is 9.31. The number of benzene rings is 1. The summed E-state index contributed by atoms with van der Waals surface area (Å²) in [6.07, 6.45) is 14.0. The number of halogens is 1. The van der Waals surface area contributed by atoms with Gasteiger partial charge in [0.15, 0.2) is 0 Å². The van der Waals surface area contributed by atoms with Gasteiger partial charge in [0.2, 0.25) is 11.6 Å². The topological polar surface area (TPSA) is 126 Å². The number of carbonyl (C=O) groups excluding carboxylic acids is 2. The maximum absolute atomic E-state index is 12.9. The summed E-state index contributed by atoms with van der Waals surface area (Å²) in [5, 5.41) is 8.94. The molecule has 8 rings (SSSR count). The Morgan fingerprint density at radius 1 is 0.895 bits per heavy atom. The number of hydrogen-bond donors (Lipinski definition) is 2. The number of rotatable bonds is 11. The first-order chi connectivity index (χ1) is 27.3. The molecule has 1 saturated heterocycles. The highest BCUT2D eigenvalue weighted by Gasteiger charge is 2.69. The minimum absolute atomic E-state index is 0.0819. The van der Waals surface area contributed by atoms with Crippen molar-refractivity contribution in [2.45, 2.75) is 148 Å². The van der Waals surface area contributed by atoms with Crippen molar-refractivity contribution in [3.05, 3.63) is 35.5 Å². The molecular weight excluding hydrogens is 746 g/mol. The fourth-order valence-corrected chi connectivity index (χ4v) is 13.1. The van der Waals surface area contributed by atoms with Gasteiger partial charge in [-0.15, -0.1) is 0 Å². The smallest absolute Gasteiger partial charge is 0.302 e. The largest absolute Gasteiger partial charge is 0.462 e. The summed E-state index contributed by atoms with van der Waals surface area (Å²) in [6.45, 7) is 12.9. The summed E-state index contributed by atoms with van der Waals surface area (Å²) in [6, 6.07) is 7.81. The molecule has 10 atom stereocenters. The van der Waals surface area contributed by atoms with E-state index in [1.54, 1.807) is 6.92 Å². The van der Waals surface area contributed by atoms with Crippen molar-refractivity contribution in [3.63, 3.8) is 0 Å².